The number of hydrogen-bond acceptors (Lipinski definition) is 3. The molecule has 1 saturated heterocycles. The lowest BCUT2D eigenvalue weighted by molar-refractivity contribution is -0.143. The Morgan fingerprint density at radius 1 is 0.870 bits per heavy atom. The summed E-state index contributed by atoms with van der Waals surface area (Å²) in [7, 11) is 0. The Morgan fingerprint density at radius 3 is 2.04 bits per heavy atom. The Morgan fingerprint density at radius 2 is 1.48 bits per heavy atom. The number of carbonyl (C=O) groups excluding carboxylic acids is 2. The molecule has 6 nitrogen and oxygen atoms in total. The fraction of sp³-hybridized carbons (Fsp3) is 0.824. The fourth-order valence-corrected chi connectivity index (χ4v) is 3.92. The normalized spacial score (nSPS) is 28.5. The third-order valence-corrected chi connectivity index (χ3v) is 5.56. The first-order valence-electron chi connectivity index (χ1n) is 8.85. The zero-order valence-electron chi connectivity index (χ0n) is 13.6. The van der Waals surface area contributed by atoms with Crippen LogP contribution in [0.2, 0.25) is 0 Å². The molecule has 0 radical (unpaired) electrons. The first-order chi connectivity index (χ1) is 11.1. The monoisotopic (exact) mass is 322 g/mol. The number of piperazine rings is 1. The Bertz CT molecular complexity index is 479. The van der Waals surface area contributed by atoms with Crippen LogP contribution < -0.4 is 0 Å². The molecule has 0 aromatic carbocycles. The van der Waals surface area contributed by atoms with Gasteiger partial charge < -0.3 is 14.9 Å². The van der Waals surface area contributed by atoms with Crippen molar-refractivity contribution in [1.29, 1.82) is 0 Å². The lowest BCUT2D eigenvalue weighted by atomic mass is 9.86. The molecule has 3 aliphatic rings. The minimum atomic E-state index is -0.871. The van der Waals surface area contributed by atoms with Crippen LogP contribution in [0.3, 0.4) is 0 Å². The molecule has 128 valence electrons. The van der Waals surface area contributed by atoms with Crippen molar-refractivity contribution in [1.82, 2.24) is 9.80 Å². The summed E-state index contributed by atoms with van der Waals surface area (Å²) >= 11 is 0. The third-order valence-electron chi connectivity index (χ3n) is 5.56. The summed E-state index contributed by atoms with van der Waals surface area (Å²) in [4.78, 5) is 39.1. The second-order valence-corrected chi connectivity index (χ2v) is 7.20. The van der Waals surface area contributed by atoms with Crippen LogP contribution in [0.5, 0.6) is 0 Å². The Hall–Kier alpha value is -1.59. The van der Waals surface area contributed by atoms with Gasteiger partial charge in [0.05, 0.1) is 11.8 Å². The lowest BCUT2D eigenvalue weighted by Gasteiger charge is -2.36. The molecule has 0 aromatic heterocycles. The van der Waals surface area contributed by atoms with E-state index in [1.807, 2.05) is 4.90 Å². The van der Waals surface area contributed by atoms with E-state index in [9.17, 15) is 14.4 Å². The highest BCUT2D eigenvalue weighted by Crippen LogP contribution is 2.40. The predicted octanol–water partition coefficient (Wildman–Crippen LogP) is 1.35. The highest BCUT2D eigenvalue weighted by molar-refractivity contribution is 5.89. The highest BCUT2D eigenvalue weighted by Gasteiger charge is 2.50. The third kappa shape index (κ3) is 3.85. The molecule has 1 heterocycles. The van der Waals surface area contributed by atoms with Crippen molar-refractivity contribution < 1.29 is 19.5 Å². The van der Waals surface area contributed by atoms with Gasteiger partial charge in [-0.3, -0.25) is 14.4 Å². The number of carbonyl (C=O) groups is 3. The van der Waals surface area contributed by atoms with Crippen LogP contribution in [0.4, 0.5) is 0 Å². The van der Waals surface area contributed by atoms with Crippen LogP contribution in [0, 0.1) is 17.8 Å². The largest absolute Gasteiger partial charge is 0.481 e. The van der Waals surface area contributed by atoms with Gasteiger partial charge in [0.15, 0.2) is 0 Å². The van der Waals surface area contributed by atoms with Crippen molar-refractivity contribution in [2.45, 2.75) is 44.9 Å². The van der Waals surface area contributed by atoms with Crippen molar-refractivity contribution in [3.05, 3.63) is 0 Å². The summed E-state index contributed by atoms with van der Waals surface area (Å²) < 4.78 is 0. The number of nitrogens with zero attached hydrogens (tertiary/aromatic N) is 2. The molecule has 23 heavy (non-hydrogen) atoms. The summed E-state index contributed by atoms with van der Waals surface area (Å²) in [5.41, 5.74) is 0. The second kappa shape index (κ2) is 6.89. The van der Waals surface area contributed by atoms with E-state index in [1.165, 1.54) is 32.1 Å². The first-order valence-corrected chi connectivity index (χ1v) is 8.85. The smallest absolute Gasteiger partial charge is 0.307 e. The average molecular weight is 322 g/mol. The van der Waals surface area contributed by atoms with E-state index in [1.54, 1.807) is 4.90 Å². The molecule has 2 saturated carbocycles. The zero-order valence-corrected chi connectivity index (χ0v) is 13.6. The lowest BCUT2D eigenvalue weighted by Crippen LogP contribution is -2.51. The number of rotatable bonds is 4. The zero-order chi connectivity index (χ0) is 16.4. The van der Waals surface area contributed by atoms with Gasteiger partial charge in [-0.2, -0.15) is 0 Å². The van der Waals surface area contributed by atoms with Crippen LogP contribution in [-0.4, -0.2) is 58.9 Å². The van der Waals surface area contributed by atoms with Crippen LogP contribution in [0.1, 0.15) is 44.9 Å². The highest BCUT2D eigenvalue weighted by atomic mass is 16.4. The fourth-order valence-electron chi connectivity index (χ4n) is 3.92. The van der Waals surface area contributed by atoms with Gasteiger partial charge in [0, 0.05) is 32.6 Å². The number of carboxylic acids is 1. The Balaban J connectivity index is 1.42. The molecule has 2 aliphatic carbocycles. The molecule has 3 fully saturated rings. The molecule has 2 atom stereocenters. The van der Waals surface area contributed by atoms with Crippen molar-refractivity contribution in [3.8, 4) is 0 Å². The second-order valence-electron chi connectivity index (χ2n) is 7.20. The SMILES string of the molecule is O=C(O)C1CC1C(=O)N1CCN(C(=O)CC2CCCCC2)CC1. The molecule has 2 amide bonds. The van der Waals surface area contributed by atoms with E-state index in [0.29, 0.717) is 44.9 Å². The van der Waals surface area contributed by atoms with Crippen molar-refractivity contribution in [2.75, 3.05) is 26.2 Å². The van der Waals surface area contributed by atoms with Crippen molar-refractivity contribution in [2.24, 2.45) is 17.8 Å². The van der Waals surface area contributed by atoms with Gasteiger partial charge in [-0.05, 0) is 25.2 Å². The van der Waals surface area contributed by atoms with Gasteiger partial charge in [-0.1, -0.05) is 19.3 Å². The van der Waals surface area contributed by atoms with E-state index < -0.39 is 11.9 Å². The molecular formula is C17H26N2O4. The van der Waals surface area contributed by atoms with E-state index in [4.69, 9.17) is 5.11 Å². The molecule has 1 aliphatic heterocycles. The maximum absolute atomic E-state index is 12.4. The molecule has 6 heteroatoms. The maximum atomic E-state index is 12.4. The summed E-state index contributed by atoms with van der Waals surface area (Å²) in [6.07, 6.45) is 7.24. The summed E-state index contributed by atoms with van der Waals surface area (Å²) in [5.74, 6) is -0.982. The molecular weight excluding hydrogens is 296 g/mol. The Labute approximate surface area is 136 Å². The van der Waals surface area contributed by atoms with E-state index in [2.05, 4.69) is 0 Å². The van der Waals surface area contributed by atoms with E-state index >= 15 is 0 Å². The minimum Gasteiger partial charge on any atom is -0.481 e. The summed E-state index contributed by atoms with van der Waals surface area (Å²) in [5, 5.41) is 8.92. The van der Waals surface area contributed by atoms with Gasteiger partial charge in [0.1, 0.15) is 0 Å². The topological polar surface area (TPSA) is 77.9 Å². The predicted molar refractivity (Wildman–Crippen MR) is 83.6 cm³/mol. The summed E-state index contributed by atoms with van der Waals surface area (Å²) in [6, 6.07) is 0. The Kier molecular flexibility index (Phi) is 4.87. The van der Waals surface area contributed by atoms with Crippen molar-refractivity contribution in [3.63, 3.8) is 0 Å². The quantitative estimate of drug-likeness (QED) is 0.847. The molecule has 0 bridgehead atoms. The summed E-state index contributed by atoms with van der Waals surface area (Å²) in [6.45, 7) is 2.25. The molecule has 3 rings (SSSR count). The number of carboxylic acid groups (broad SMARTS) is 1. The van der Waals surface area contributed by atoms with E-state index in [0.717, 1.165) is 0 Å². The van der Waals surface area contributed by atoms with Gasteiger partial charge >= 0.3 is 5.97 Å². The first kappa shape index (κ1) is 16.3. The van der Waals surface area contributed by atoms with Gasteiger partial charge in [0.2, 0.25) is 11.8 Å². The van der Waals surface area contributed by atoms with E-state index in [-0.39, 0.29) is 17.7 Å². The standard InChI is InChI=1S/C17H26N2O4/c20-15(10-12-4-2-1-3-5-12)18-6-8-19(9-7-18)16(21)13-11-14(13)17(22)23/h12-14H,1-11H2,(H,22,23). The van der Waals surface area contributed by atoms with Crippen molar-refractivity contribution >= 4 is 17.8 Å². The van der Waals surface area contributed by atoms with Gasteiger partial charge in [0.25, 0.3) is 0 Å². The molecule has 2 unspecified atom stereocenters. The van der Waals surface area contributed by atoms with Gasteiger partial charge in [-0.25, -0.2) is 0 Å². The number of hydrogen-bond donors (Lipinski definition) is 1. The van der Waals surface area contributed by atoms with Gasteiger partial charge in [-0.15, -0.1) is 0 Å². The molecule has 1 N–H and O–H groups in total. The molecule has 0 spiro atoms. The number of amides is 2. The van der Waals surface area contributed by atoms with Crippen LogP contribution in [-0.2, 0) is 14.4 Å². The molecule has 0 aromatic rings. The maximum Gasteiger partial charge on any atom is 0.307 e. The minimum absolute atomic E-state index is 0.0446. The van der Waals surface area contributed by atoms with Crippen LogP contribution >= 0.6 is 0 Å². The van der Waals surface area contributed by atoms with Crippen LogP contribution in [0.15, 0.2) is 0 Å². The van der Waals surface area contributed by atoms with Crippen LogP contribution in [0.25, 0.3) is 0 Å². The average Bonchev–Trinajstić information content (AvgIpc) is 3.36. The number of aliphatic carboxylic acids is 1.